The van der Waals surface area contributed by atoms with E-state index < -0.39 is 0 Å². The van der Waals surface area contributed by atoms with Gasteiger partial charge in [-0.3, -0.25) is 0 Å². The Labute approximate surface area is 260 Å². The second-order valence-electron chi connectivity index (χ2n) is 12.1. The number of fused-ring (bicyclic) bond motifs is 14. The molecule has 1 nitrogen and oxygen atoms in total. The molecule has 0 spiro atoms. The van der Waals surface area contributed by atoms with Crippen molar-refractivity contribution in [2.75, 3.05) is 0 Å². The fraction of sp³-hybridized carbons (Fsp3) is 0. The summed E-state index contributed by atoms with van der Waals surface area (Å²) < 4.78 is 2.40. The summed E-state index contributed by atoms with van der Waals surface area (Å²) in [6.45, 7) is 0. The number of aromatic nitrogens is 1. The molecule has 1 heterocycles. The highest BCUT2D eigenvalue weighted by atomic mass is 15.0. The number of para-hydroxylation sites is 2. The molecular weight excluding hydrogens is 542 g/mol. The minimum atomic E-state index is 1.18. The number of nitrogens with zero attached hydrogens (tertiary/aromatic N) is 1. The lowest BCUT2D eigenvalue weighted by atomic mass is 9.86. The van der Waals surface area contributed by atoms with Gasteiger partial charge in [0.1, 0.15) is 0 Å². The van der Waals surface area contributed by atoms with Gasteiger partial charge >= 0.3 is 0 Å². The molecule has 9 aromatic carbocycles. The van der Waals surface area contributed by atoms with Crippen molar-refractivity contribution >= 4 is 75.7 Å². The van der Waals surface area contributed by atoms with E-state index in [-0.39, 0.29) is 0 Å². The van der Waals surface area contributed by atoms with Gasteiger partial charge in [0.2, 0.25) is 0 Å². The van der Waals surface area contributed by atoms with E-state index in [1.165, 1.54) is 92.5 Å². The van der Waals surface area contributed by atoms with Crippen LogP contribution in [0.2, 0.25) is 0 Å². The predicted octanol–water partition coefficient (Wildman–Crippen LogP) is 12.2. The standard InChI is InChI=1S/C44H27N/c1-2-12-30(13-3-1)45-41-21-11-10-17-34(41)35-24-22-29(27-42(35)45)28-23-25-39-40(26-28)33-16-6-9-20-38(33)43-36-18-7-4-14-31(36)32-15-5-8-19-37(32)44(39)43/h1-27H. The van der Waals surface area contributed by atoms with Gasteiger partial charge in [-0.1, -0.05) is 133 Å². The molecule has 45 heavy (non-hydrogen) atoms. The van der Waals surface area contributed by atoms with E-state index >= 15 is 0 Å². The first-order valence-corrected chi connectivity index (χ1v) is 15.6. The lowest BCUT2D eigenvalue weighted by molar-refractivity contribution is 1.18. The minimum Gasteiger partial charge on any atom is -0.309 e. The van der Waals surface area contributed by atoms with E-state index in [1.54, 1.807) is 0 Å². The molecule has 1 aromatic heterocycles. The van der Waals surface area contributed by atoms with Crippen LogP contribution in [0.15, 0.2) is 164 Å². The zero-order valence-electron chi connectivity index (χ0n) is 24.5. The second-order valence-corrected chi connectivity index (χ2v) is 12.1. The Morgan fingerprint density at radius 3 is 1.31 bits per heavy atom. The van der Waals surface area contributed by atoms with Crippen LogP contribution < -0.4 is 0 Å². The van der Waals surface area contributed by atoms with Crippen LogP contribution in [0.1, 0.15) is 0 Å². The topological polar surface area (TPSA) is 4.93 Å². The van der Waals surface area contributed by atoms with E-state index in [1.807, 2.05) is 0 Å². The highest BCUT2D eigenvalue weighted by Crippen LogP contribution is 2.45. The molecule has 0 aliphatic heterocycles. The van der Waals surface area contributed by atoms with E-state index in [4.69, 9.17) is 0 Å². The molecule has 1 heteroatoms. The predicted molar refractivity (Wildman–Crippen MR) is 194 cm³/mol. The van der Waals surface area contributed by atoms with E-state index in [9.17, 15) is 0 Å². The maximum Gasteiger partial charge on any atom is 0.0547 e. The fourth-order valence-corrected chi connectivity index (χ4v) is 7.81. The van der Waals surface area contributed by atoms with Crippen molar-refractivity contribution < 1.29 is 0 Å². The largest absolute Gasteiger partial charge is 0.309 e. The first-order chi connectivity index (χ1) is 22.3. The molecule has 0 unspecified atom stereocenters. The van der Waals surface area contributed by atoms with Crippen molar-refractivity contribution in [3.05, 3.63) is 164 Å². The summed E-state index contributed by atoms with van der Waals surface area (Å²) in [6, 6.07) is 60.2. The summed E-state index contributed by atoms with van der Waals surface area (Å²) in [5.74, 6) is 0. The minimum absolute atomic E-state index is 1.18. The zero-order chi connectivity index (χ0) is 29.5. The first-order valence-electron chi connectivity index (χ1n) is 15.6. The molecule has 0 N–H and O–H groups in total. The van der Waals surface area contributed by atoms with Crippen molar-refractivity contribution in [2.24, 2.45) is 0 Å². The van der Waals surface area contributed by atoms with E-state index in [0.717, 1.165) is 0 Å². The van der Waals surface area contributed by atoms with Crippen molar-refractivity contribution in [2.45, 2.75) is 0 Å². The van der Waals surface area contributed by atoms with Crippen LogP contribution in [-0.2, 0) is 0 Å². The van der Waals surface area contributed by atoms with Gasteiger partial charge in [0.05, 0.1) is 11.0 Å². The normalized spacial score (nSPS) is 12.0. The molecule has 0 fully saturated rings. The highest BCUT2D eigenvalue weighted by molar-refractivity contribution is 6.39. The molecule has 0 aliphatic carbocycles. The van der Waals surface area contributed by atoms with Crippen LogP contribution in [0.5, 0.6) is 0 Å². The monoisotopic (exact) mass is 569 g/mol. The Balaban J connectivity index is 1.31. The summed E-state index contributed by atoms with van der Waals surface area (Å²) in [4.78, 5) is 0. The van der Waals surface area contributed by atoms with E-state index in [2.05, 4.69) is 168 Å². The Morgan fingerprint density at radius 1 is 0.267 bits per heavy atom. The molecule has 0 radical (unpaired) electrons. The summed E-state index contributed by atoms with van der Waals surface area (Å²) >= 11 is 0. The van der Waals surface area contributed by atoms with Gasteiger partial charge in [0, 0.05) is 16.5 Å². The van der Waals surface area contributed by atoms with Gasteiger partial charge in [-0.05, 0) is 95.3 Å². The summed E-state index contributed by atoms with van der Waals surface area (Å²) in [6.07, 6.45) is 0. The molecule has 0 saturated carbocycles. The molecule has 10 aromatic rings. The Morgan fingerprint density at radius 2 is 0.689 bits per heavy atom. The fourth-order valence-electron chi connectivity index (χ4n) is 7.81. The van der Waals surface area contributed by atoms with Crippen molar-refractivity contribution in [3.63, 3.8) is 0 Å². The molecule has 10 rings (SSSR count). The van der Waals surface area contributed by atoms with Gasteiger partial charge in [-0.2, -0.15) is 0 Å². The SMILES string of the molecule is c1ccc(-n2c3ccccc3c3ccc(-c4ccc5c(c4)c4ccccc4c4c6ccccc6c6ccccc6c54)cc32)cc1. The van der Waals surface area contributed by atoms with Crippen LogP contribution in [0.4, 0.5) is 0 Å². The first kappa shape index (κ1) is 24.5. The van der Waals surface area contributed by atoms with Crippen LogP contribution >= 0.6 is 0 Å². The average Bonchev–Trinajstić information content (AvgIpc) is 3.45. The molecule has 0 amide bonds. The van der Waals surface area contributed by atoms with Crippen LogP contribution in [0.25, 0.3) is 92.5 Å². The molecular formula is C44H27N. The Kier molecular flexibility index (Phi) is 5.06. The van der Waals surface area contributed by atoms with Crippen LogP contribution in [0, 0.1) is 0 Å². The number of hydrogen-bond acceptors (Lipinski definition) is 0. The van der Waals surface area contributed by atoms with Gasteiger partial charge in [-0.25, -0.2) is 0 Å². The quantitative estimate of drug-likeness (QED) is 0.183. The van der Waals surface area contributed by atoms with Crippen LogP contribution in [-0.4, -0.2) is 4.57 Å². The maximum atomic E-state index is 2.41. The number of rotatable bonds is 2. The second kappa shape index (κ2) is 9.29. The Hall–Kier alpha value is -5.92. The third-order valence-electron chi connectivity index (χ3n) is 9.73. The summed E-state index contributed by atoms with van der Waals surface area (Å²) in [5, 5.41) is 15.7. The zero-order valence-corrected chi connectivity index (χ0v) is 24.5. The van der Waals surface area contributed by atoms with Gasteiger partial charge < -0.3 is 4.57 Å². The molecule has 0 atom stereocenters. The third-order valence-corrected chi connectivity index (χ3v) is 9.73. The van der Waals surface area contributed by atoms with Crippen molar-refractivity contribution in [1.29, 1.82) is 0 Å². The smallest absolute Gasteiger partial charge is 0.0547 e. The number of benzene rings is 9. The van der Waals surface area contributed by atoms with E-state index in [0.29, 0.717) is 0 Å². The third kappa shape index (κ3) is 3.44. The molecule has 0 saturated heterocycles. The van der Waals surface area contributed by atoms with Crippen molar-refractivity contribution in [3.8, 4) is 16.8 Å². The maximum absolute atomic E-state index is 2.41. The lowest BCUT2D eigenvalue weighted by Crippen LogP contribution is -1.93. The average molecular weight is 570 g/mol. The molecule has 0 bridgehead atoms. The Bertz CT molecular complexity index is 2800. The summed E-state index contributed by atoms with van der Waals surface area (Å²) in [7, 11) is 0. The highest BCUT2D eigenvalue weighted by Gasteiger charge is 2.17. The van der Waals surface area contributed by atoms with Gasteiger partial charge in [0.25, 0.3) is 0 Å². The number of hydrogen-bond donors (Lipinski definition) is 0. The van der Waals surface area contributed by atoms with Crippen LogP contribution in [0.3, 0.4) is 0 Å². The lowest BCUT2D eigenvalue weighted by Gasteiger charge is -2.17. The van der Waals surface area contributed by atoms with Gasteiger partial charge in [0.15, 0.2) is 0 Å². The molecule has 208 valence electrons. The molecule has 0 aliphatic rings. The summed E-state index contributed by atoms with van der Waals surface area (Å²) in [5.41, 5.74) is 6.07. The van der Waals surface area contributed by atoms with Gasteiger partial charge in [-0.15, -0.1) is 0 Å². The van der Waals surface area contributed by atoms with Crippen molar-refractivity contribution in [1.82, 2.24) is 4.57 Å².